The van der Waals surface area contributed by atoms with Crippen LogP contribution >= 0.6 is 11.3 Å². The molecular formula is C21H15N7OS. The van der Waals surface area contributed by atoms with Gasteiger partial charge in [-0.1, -0.05) is 18.2 Å². The lowest BCUT2D eigenvalue weighted by molar-refractivity contribution is 0.102. The molecule has 5 aromatic rings. The van der Waals surface area contributed by atoms with E-state index in [2.05, 4.69) is 30.6 Å². The van der Waals surface area contributed by atoms with Crippen molar-refractivity contribution < 1.29 is 4.79 Å². The third-order valence-corrected chi connectivity index (χ3v) is 5.22. The Hall–Kier alpha value is -3.98. The molecule has 8 nitrogen and oxygen atoms in total. The Morgan fingerprint density at radius 3 is 2.60 bits per heavy atom. The summed E-state index contributed by atoms with van der Waals surface area (Å²) in [6.45, 7) is 1.87. The molecule has 0 spiro atoms. The zero-order valence-electron chi connectivity index (χ0n) is 15.9. The first-order chi connectivity index (χ1) is 14.7. The van der Waals surface area contributed by atoms with Crippen molar-refractivity contribution in [3.05, 3.63) is 76.9 Å². The Bertz CT molecular complexity index is 1340. The summed E-state index contributed by atoms with van der Waals surface area (Å²) in [5.74, 6) is 0.353. The number of amides is 1. The largest absolute Gasteiger partial charge is 0.321 e. The molecule has 0 aliphatic heterocycles. The predicted molar refractivity (Wildman–Crippen MR) is 114 cm³/mol. The lowest BCUT2D eigenvalue weighted by Gasteiger charge is -2.06. The highest BCUT2D eigenvalue weighted by Crippen LogP contribution is 2.22. The third kappa shape index (κ3) is 3.42. The van der Waals surface area contributed by atoms with Crippen molar-refractivity contribution in [1.29, 1.82) is 0 Å². The lowest BCUT2D eigenvalue weighted by Crippen LogP contribution is -2.12. The second-order valence-corrected chi connectivity index (χ2v) is 7.57. The number of anilines is 1. The lowest BCUT2D eigenvalue weighted by atomic mass is 10.1. The van der Waals surface area contributed by atoms with Gasteiger partial charge >= 0.3 is 0 Å². The molecule has 0 aliphatic rings. The minimum absolute atomic E-state index is 0.226. The van der Waals surface area contributed by atoms with Crippen LogP contribution < -0.4 is 5.32 Å². The van der Waals surface area contributed by atoms with Gasteiger partial charge < -0.3 is 5.32 Å². The molecule has 0 saturated heterocycles. The zero-order chi connectivity index (χ0) is 20.5. The first-order valence-corrected chi connectivity index (χ1v) is 10.0. The fraction of sp³-hybridized carbons (Fsp3) is 0.0476. The average Bonchev–Trinajstić information content (AvgIpc) is 3.41. The highest BCUT2D eigenvalue weighted by atomic mass is 32.1. The molecule has 0 bridgehead atoms. The summed E-state index contributed by atoms with van der Waals surface area (Å²) in [4.78, 5) is 20.8. The molecule has 4 aromatic heterocycles. The summed E-state index contributed by atoms with van der Waals surface area (Å²) < 4.78 is 1.68. The van der Waals surface area contributed by atoms with Crippen molar-refractivity contribution in [2.45, 2.75) is 6.92 Å². The molecule has 9 heteroatoms. The van der Waals surface area contributed by atoms with Crippen molar-refractivity contribution in [3.8, 4) is 22.8 Å². The number of hydrogen-bond acceptors (Lipinski definition) is 7. The van der Waals surface area contributed by atoms with Crippen LogP contribution in [0.15, 0.2) is 66.2 Å². The topological polar surface area (TPSA) is 98.0 Å². The molecule has 4 heterocycles. The van der Waals surface area contributed by atoms with Gasteiger partial charge in [0.05, 0.1) is 10.7 Å². The van der Waals surface area contributed by atoms with E-state index >= 15 is 0 Å². The van der Waals surface area contributed by atoms with Crippen LogP contribution in [-0.2, 0) is 0 Å². The van der Waals surface area contributed by atoms with E-state index in [1.165, 1.54) is 11.3 Å². The van der Waals surface area contributed by atoms with Gasteiger partial charge in [-0.15, -0.1) is 21.5 Å². The van der Waals surface area contributed by atoms with Crippen LogP contribution in [-0.4, -0.2) is 35.7 Å². The fourth-order valence-electron chi connectivity index (χ4n) is 2.98. The minimum Gasteiger partial charge on any atom is -0.321 e. The number of nitrogens with one attached hydrogen (secondary N) is 1. The molecule has 30 heavy (non-hydrogen) atoms. The monoisotopic (exact) mass is 413 g/mol. The van der Waals surface area contributed by atoms with Crippen LogP contribution in [0.5, 0.6) is 0 Å². The van der Waals surface area contributed by atoms with Crippen molar-refractivity contribution >= 4 is 28.6 Å². The first kappa shape index (κ1) is 18.1. The van der Waals surface area contributed by atoms with Crippen molar-refractivity contribution in [1.82, 2.24) is 29.8 Å². The number of carbonyl (C=O) groups is 1. The third-order valence-electron chi connectivity index (χ3n) is 4.45. The molecule has 1 amide bonds. The normalized spacial score (nSPS) is 11.0. The van der Waals surface area contributed by atoms with Gasteiger partial charge in [-0.05, 0) is 43.3 Å². The molecule has 0 saturated carbocycles. The van der Waals surface area contributed by atoms with E-state index in [1.807, 2.05) is 61.5 Å². The highest BCUT2D eigenvalue weighted by molar-refractivity contribution is 7.09. The number of fused-ring (bicyclic) bond motifs is 1. The zero-order valence-corrected chi connectivity index (χ0v) is 16.7. The van der Waals surface area contributed by atoms with Crippen LogP contribution in [0.2, 0.25) is 0 Å². The number of carbonyl (C=O) groups excluding carboxylic acids is 1. The molecule has 1 N–H and O–H groups in total. The summed E-state index contributed by atoms with van der Waals surface area (Å²) in [6, 6.07) is 16.8. The van der Waals surface area contributed by atoms with Gasteiger partial charge in [-0.3, -0.25) is 9.78 Å². The van der Waals surface area contributed by atoms with Gasteiger partial charge in [0, 0.05) is 22.8 Å². The second kappa shape index (κ2) is 7.45. The van der Waals surface area contributed by atoms with Crippen LogP contribution in [0.3, 0.4) is 0 Å². The van der Waals surface area contributed by atoms with Gasteiger partial charge in [0.1, 0.15) is 11.4 Å². The Morgan fingerprint density at radius 1 is 1.00 bits per heavy atom. The molecular weight excluding hydrogens is 398 g/mol. The maximum atomic E-state index is 12.3. The van der Waals surface area contributed by atoms with E-state index in [0.29, 0.717) is 28.5 Å². The van der Waals surface area contributed by atoms with Gasteiger partial charge in [-0.2, -0.15) is 9.61 Å². The summed E-state index contributed by atoms with van der Waals surface area (Å²) in [5.41, 5.74) is 4.11. The van der Waals surface area contributed by atoms with E-state index in [0.717, 1.165) is 16.3 Å². The first-order valence-electron chi connectivity index (χ1n) is 9.15. The fourth-order valence-corrected chi connectivity index (χ4v) is 3.58. The van der Waals surface area contributed by atoms with Crippen molar-refractivity contribution in [2.75, 3.05) is 5.32 Å². The Kier molecular flexibility index (Phi) is 4.49. The summed E-state index contributed by atoms with van der Waals surface area (Å²) in [7, 11) is 0. The molecule has 0 fully saturated rings. The number of aryl methyl sites for hydroxylation is 1. The Balaban J connectivity index is 1.42. The second-order valence-electron chi connectivity index (χ2n) is 6.51. The number of hydrogen-bond donors (Lipinski definition) is 1. The van der Waals surface area contributed by atoms with Crippen molar-refractivity contribution in [2.24, 2.45) is 0 Å². The molecule has 0 atom stereocenters. The van der Waals surface area contributed by atoms with Gasteiger partial charge in [0.2, 0.25) is 5.82 Å². The van der Waals surface area contributed by atoms with Gasteiger partial charge in [0.25, 0.3) is 5.91 Å². The highest BCUT2D eigenvalue weighted by Gasteiger charge is 2.12. The maximum Gasteiger partial charge on any atom is 0.275 e. The number of thiazole rings is 1. The number of pyridine rings is 1. The van der Waals surface area contributed by atoms with E-state index in [9.17, 15) is 4.79 Å². The summed E-state index contributed by atoms with van der Waals surface area (Å²) >= 11 is 1.45. The molecule has 0 aliphatic carbocycles. The molecule has 5 rings (SSSR count). The molecule has 146 valence electrons. The molecule has 1 aromatic carbocycles. The number of rotatable bonds is 4. The van der Waals surface area contributed by atoms with E-state index in [4.69, 9.17) is 0 Å². The van der Waals surface area contributed by atoms with Crippen LogP contribution in [0.4, 0.5) is 5.69 Å². The summed E-state index contributed by atoms with van der Waals surface area (Å²) in [5, 5.41) is 18.5. The van der Waals surface area contributed by atoms with Gasteiger partial charge in [-0.25, -0.2) is 4.98 Å². The van der Waals surface area contributed by atoms with E-state index in [1.54, 1.807) is 16.1 Å². The van der Waals surface area contributed by atoms with Crippen molar-refractivity contribution in [3.63, 3.8) is 0 Å². The maximum absolute atomic E-state index is 12.3. The average molecular weight is 413 g/mol. The standard InChI is InChI=1S/C21H15N7OS/c1-13-23-18(12-30-13)21(29)24-15-7-5-14(6-8-15)16-9-10-19-25-26-20(28(19)27-16)17-4-2-3-11-22-17/h2-12H,1H3,(H,24,29). The molecule has 0 unspecified atom stereocenters. The smallest absolute Gasteiger partial charge is 0.275 e. The Morgan fingerprint density at radius 2 is 1.87 bits per heavy atom. The van der Waals surface area contributed by atoms with Crippen LogP contribution in [0, 0.1) is 6.92 Å². The number of benzene rings is 1. The SMILES string of the molecule is Cc1nc(C(=O)Nc2ccc(-c3ccc4nnc(-c5ccccn5)n4n3)cc2)cs1. The number of nitrogens with zero attached hydrogens (tertiary/aromatic N) is 6. The van der Waals surface area contributed by atoms with E-state index < -0.39 is 0 Å². The van der Waals surface area contributed by atoms with E-state index in [-0.39, 0.29) is 5.91 Å². The molecule has 0 radical (unpaired) electrons. The predicted octanol–water partition coefficient (Wildman–Crippen LogP) is 3.87. The summed E-state index contributed by atoms with van der Waals surface area (Å²) in [6.07, 6.45) is 1.71. The van der Waals surface area contributed by atoms with Crippen LogP contribution in [0.25, 0.3) is 28.4 Å². The Labute approximate surface area is 175 Å². The van der Waals surface area contributed by atoms with Gasteiger partial charge in [0.15, 0.2) is 5.65 Å². The number of aromatic nitrogens is 6. The quantitative estimate of drug-likeness (QED) is 0.480. The minimum atomic E-state index is -0.226. The van der Waals surface area contributed by atoms with Crippen LogP contribution in [0.1, 0.15) is 15.5 Å².